The Bertz CT molecular complexity index is 470. The van der Waals surface area contributed by atoms with Crippen LogP contribution in [-0.4, -0.2) is 10.1 Å². The highest BCUT2D eigenvalue weighted by atomic mass is 19.1. The maximum atomic E-state index is 13.1. The first-order valence-corrected chi connectivity index (χ1v) is 3.73. The summed E-state index contributed by atoms with van der Waals surface area (Å²) in [5, 5.41) is 3.52. The van der Waals surface area contributed by atoms with Crippen molar-refractivity contribution >= 4 is 0 Å². The predicted molar refractivity (Wildman–Crippen MR) is 44.4 cm³/mol. The topological polar surface area (TPSA) is 38.9 Å². The lowest BCUT2D eigenvalue weighted by atomic mass is 10.1. The second kappa shape index (κ2) is 2.97. The molecule has 1 heterocycles. The van der Waals surface area contributed by atoms with Gasteiger partial charge in [-0.25, -0.2) is 4.39 Å². The van der Waals surface area contributed by atoms with Crippen molar-refractivity contribution in [3.8, 4) is 11.4 Å². The molecule has 0 fully saturated rings. The SMILES string of the molecule is [2H]c1nc(-c2ccc(C)c(F)c2)no1. The molecule has 0 aliphatic carbocycles. The van der Waals surface area contributed by atoms with Crippen LogP contribution in [0.1, 0.15) is 6.93 Å². The summed E-state index contributed by atoms with van der Waals surface area (Å²) in [7, 11) is 0. The fourth-order valence-corrected chi connectivity index (χ4v) is 0.997. The molecular formula is C9H7FN2O. The van der Waals surface area contributed by atoms with Crippen molar-refractivity contribution in [2.24, 2.45) is 0 Å². The van der Waals surface area contributed by atoms with E-state index in [0.717, 1.165) is 0 Å². The number of aryl methyl sites for hydroxylation is 1. The van der Waals surface area contributed by atoms with E-state index in [1.807, 2.05) is 0 Å². The Kier molecular flexibility index (Phi) is 1.55. The van der Waals surface area contributed by atoms with E-state index in [2.05, 4.69) is 14.7 Å². The van der Waals surface area contributed by atoms with Crippen molar-refractivity contribution < 1.29 is 10.3 Å². The molecule has 2 aromatic rings. The average molecular weight is 179 g/mol. The summed E-state index contributed by atoms with van der Waals surface area (Å²) in [5.74, 6) is -0.0901. The van der Waals surface area contributed by atoms with Crippen LogP contribution in [0.5, 0.6) is 0 Å². The molecule has 13 heavy (non-hydrogen) atoms. The Hall–Kier alpha value is -1.71. The summed E-state index contributed by atoms with van der Waals surface area (Å²) in [6.07, 6.45) is -0.277. The Balaban J connectivity index is 2.47. The standard InChI is InChI=1S/C9H7FN2O/c1-6-2-3-7(4-8(6)10)9-11-5-13-12-9/h2-5H,1H3/i5D. The van der Waals surface area contributed by atoms with Gasteiger partial charge in [0.05, 0.1) is 0 Å². The monoisotopic (exact) mass is 179 g/mol. The normalized spacial score (nSPS) is 11.4. The van der Waals surface area contributed by atoms with Crippen molar-refractivity contribution in [1.29, 1.82) is 0 Å². The third-order valence-corrected chi connectivity index (χ3v) is 1.75. The summed E-state index contributed by atoms with van der Waals surface area (Å²) in [6, 6.07) is 4.63. The van der Waals surface area contributed by atoms with Gasteiger partial charge in [-0.05, 0) is 18.6 Å². The number of nitrogens with zero attached hydrogens (tertiary/aromatic N) is 2. The summed E-state index contributed by atoms with van der Waals surface area (Å²) < 4.78 is 24.6. The highest BCUT2D eigenvalue weighted by molar-refractivity contribution is 5.54. The third kappa shape index (κ3) is 1.42. The zero-order valence-electron chi connectivity index (χ0n) is 7.91. The number of benzene rings is 1. The number of hydrogen-bond acceptors (Lipinski definition) is 3. The maximum absolute atomic E-state index is 13.1. The number of hydrogen-bond donors (Lipinski definition) is 0. The van der Waals surface area contributed by atoms with Crippen LogP contribution in [-0.2, 0) is 0 Å². The van der Waals surface area contributed by atoms with Crippen LogP contribution in [0.15, 0.2) is 29.1 Å². The van der Waals surface area contributed by atoms with E-state index >= 15 is 0 Å². The van der Waals surface area contributed by atoms with Gasteiger partial charge in [-0.15, -0.1) is 0 Å². The van der Waals surface area contributed by atoms with Gasteiger partial charge < -0.3 is 4.52 Å². The largest absolute Gasteiger partial charge is 0.342 e. The zero-order chi connectivity index (χ0) is 10.1. The van der Waals surface area contributed by atoms with Gasteiger partial charge in [-0.3, -0.25) is 0 Å². The van der Waals surface area contributed by atoms with Crippen LogP contribution in [0.3, 0.4) is 0 Å². The smallest absolute Gasteiger partial charge is 0.214 e. The number of aromatic nitrogens is 2. The molecule has 0 amide bonds. The molecule has 0 bridgehead atoms. The molecule has 4 heteroatoms. The van der Waals surface area contributed by atoms with E-state index in [-0.39, 0.29) is 18.0 Å². The Morgan fingerprint density at radius 1 is 1.54 bits per heavy atom. The van der Waals surface area contributed by atoms with Crippen molar-refractivity contribution in [1.82, 2.24) is 10.1 Å². The van der Waals surface area contributed by atoms with E-state index in [9.17, 15) is 4.39 Å². The summed E-state index contributed by atoms with van der Waals surface area (Å²) in [4.78, 5) is 3.67. The van der Waals surface area contributed by atoms with Gasteiger partial charge in [-0.2, -0.15) is 4.98 Å². The first-order valence-electron chi connectivity index (χ1n) is 4.23. The first kappa shape index (κ1) is 6.77. The molecule has 66 valence electrons. The lowest BCUT2D eigenvalue weighted by molar-refractivity contribution is 0.418. The highest BCUT2D eigenvalue weighted by Crippen LogP contribution is 2.17. The van der Waals surface area contributed by atoms with E-state index < -0.39 is 0 Å². The minimum Gasteiger partial charge on any atom is -0.342 e. The molecule has 0 saturated heterocycles. The summed E-state index contributed by atoms with van der Waals surface area (Å²) in [6.45, 7) is 1.67. The van der Waals surface area contributed by atoms with Gasteiger partial charge in [0.1, 0.15) is 7.19 Å². The van der Waals surface area contributed by atoms with Crippen LogP contribution in [0.4, 0.5) is 4.39 Å². The Labute approximate surface area is 75.6 Å². The predicted octanol–water partition coefficient (Wildman–Crippen LogP) is 2.18. The molecule has 0 aliphatic rings. The van der Waals surface area contributed by atoms with Crippen molar-refractivity contribution in [2.75, 3.05) is 0 Å². The molecule has 0 unspecified atom stereocenters. The molecule has 1 aromatic heterocycles. The van der Waals surface area contributed by atoms with Crippen LogP contribution in [0.25, 0.3) is 11.4 Å². The van der Waals surface area contributed by atoms with Crippen molar-refractivity contribution in [2.45, 2.75) is 6.92 Å². The molecule has 0 radical (unpaired) electrons. The van der Waals surface area contributed by atoms with Gasteiger partial charge in [-0.1, -0.05) is 17.3 Å². The Morgan fingerprint density at radius 2 is 2.38 bits per heavy atom. The molecule has 0 saturated carbocycles. The van der Waals surface area contributed by atoms with E-state index in [1.54, 1.807) is 19.1 Å². The van der Waals surface area contributed by atoms with E-state index in [4.69, 9.17) is 1.37 Å². The molecular weight excluding hydrogens is 171 g/mol. The molecule has 0 N–H and O–H groups in total. The summed E-state index contributed by atoms with van der Waals surface area (Å²) >= 11 is 0. The minimum atomic E-state index is -0.321. The van der Waals surface area contributed by atoms with Crippen LogP contribution >= 0.6 is 0 Å². The quantitative estimate of drug-likeness (QED) is 0.673. The number of rotatable bonds is 1. The molecule has 0 spiro atoms. The lowest BCUT2D eigenvalue weighted by Gasteiger charge is -1.97. The van der Waals surface area contributed by atoms with Crippen molar-refractivity contribution in [3.63, 3.8) is 0 Å². The summed E-state index contributed by atoms with van der Waals surface area (Å²) in [5.41, 5.74) is 1.07. The Morgan fingerprint density at radius 3 is 3.00 bits per heavy atom. The lowest BCUT2D eigenvalue weighted by Crippen LogP contribution is -1.85. The third-order valence-electron chi connectivity index (χ3n) is 1.75. The van der Waals surface area contributed by atoms with Gasteiger partial charge in [0.2, 0.25) is 12.2 Å². The molecule has 3 nitrogen and oxygen atoms in total. The van der Waals surface area contributed by atoms with Crippen LogP contribution < -0.4 is 0 Å². The van der Waals surface area contributed by atoms with Gasteiger partial charge in [0, 0.05) is 5.56 Å². The fraction of sp³-hybridized carbons (Fsp3) is 0.111. The molecule has 2 rings (SSSR count). The molecule has 0 atom stereocenters. The van der Waals surface area contributed by atoms with Gasteiger partial charge in [0.15, 0.2) is 0 Å². The average Bonchev–Trinajstić information content (AvgIpc) is 2.57. The van der Waals surface area contributed by atoms with Gasteiger partial charge >= 0.3 is 0 Å². The second-order valence-corrected chi connectivity index (χ2v) is 2.67. The van der Waals surface area contributed by atoms with E-state index in [1.165, 1.54) is 6.07 Å². The van der Waals surface area contributed by atoms with Gasteiger partial charge in [0.25, 0.3) is 0 Å². The minimum absolute atomic E-state index is 0.230. The number of halogens is 1. The van der Waals surface area contributed by atoms with Crippen LogP contribution in [0, 0.1) is 12.7 Å². The second-order valence-electron chi connectivity index (χ2n) is 2.67. The van der Waals surface area contributed by atoms with E-state index in [0.29, 0.717) is 11.1 Å². The maximum Gasteiger partial charge on any atom is 0.214 e. The fourth-order valence-electron chi connectivity index (χ4n) is 0.997. The molecule has 1 aromatic carbocycles. The zero-order valence-corrected chi connectivity index (χ0v) is 6.91. The first-order chi connectivity index (χ1) is 6.66. The van der Waals surface area contributed by atoms with Crippen molar-refractivity contribution in [3.05, 3.63) is 35.9 Å². The highest BCUT2D eigenvalue weighted by Gasteiger charge is 2.05. The molecule has 0 aliphatic heterocycles. The van der Waals surface area contributed by atoms with Crippen LogP contribution in [0.2, 0.25) is 0 Å².